The van der Waals surface area contributed by atoms with E-state index in [1.807, 2.05) is 12.1 Å². The Morgan fingerprint density at radius 3 is 2.46 bits per heavy atom. The fraction of sp³-hybridized carbons (Fsp3) is 0.455. The normalized spacial score (nSPS) is 13.1. The third-order valence-corrected chi connectivity index (χ3v) is 5.62. The average Bonchev–Trinajstić information content (AvgIpc) is 3.33. The van der Waals surface area contributed by atoms with E-state index in [1.54, 1.807) is 18.4 Å². The van der Waals surface area contributed by atoms with E-state index in [9.17, 15) is 0 Å². The van der Waals surface area contributed by atoms with Gasteiger partial charge >= 0.3 is 0 Å². The second-order valence-corrected chi connectivity index (χ2v) is 9.18. The van der Waals surface area contributed by atoms with Crippen LogP contribution in [0.4, 0.5) is 0 Å². The van der Waals surface area contributed by atoms with Gasteiger partial charge in [0.15, 0.2) is 5.82 Å². The predicted octanol–water partition coefficient (Wildman–Crippen LogP) is 5.07. The van der Waals surface area contributed by atoms with Crippen molar-refractivity contribution in [1.82, 2.24) is 15.0 Å². The molecule has 0 bridgehead atoms. The number of thiophene rings is 1. The topological polar surface area (TPSA) is 51.4 Å². The van der Waals surface area contributed by atoms with Gasteiger partial charge in [0.1, 0.15) is 5.75 Å². The second kappa shape index (κ2) is 8.88. The molecule has 0 aliphatic rings. The van der Waals surface area contributed by atoms with E-state index in [0.29, 0.717) is 18.5 Å². The van der Waals surface area contributed by atoms with Crippen LogP contribution in [0.1, 0.15) is 49.9 Å². The Morgan fingerprint density at radius 1 is 1.14 bits per heavy atom. The van der Waals surface area contributed by atoms with Crippen molar-refractivity contribution in [2.45, 2.75) is 58.7 Å². The van der Waals surface area contributed by atoms with Gasteiger partial charge in [0.2, 0.25) is 5.89 Å². The number of hydrogen-bond donors (Lipinski definition) is 0. The van der Waals surface area contributed by atoms with Crippen LogP contribution in [0, 0.1) is 0 Å². The summed E-state index contributed by atoms with van der Waals surface area (Å²) in [6.45, 7) is 9.97. The molecule has 2 heterocycles. The van der Waals surface area contributed by atoms with Crippen molar-refractivity contribution in [1.29, 1.82) is 0 Å². The number of methoxy groups -OCH3 is 1. The van der Waals surface area contributed by atoms with Gasteiger partial charge in [0, 0.05) is 22.9 Å². The Hall–Kier alpha value is -2.18. The van der Waals surface area contributed by atoms with E-state index in [2.05, 4.69) is 72.4 Å². The number of hydrogen-bond acceptors (Lipinski definition) is 6. The zero-order valence-electron chi connectivity index (χ0n) is 17.3. The SMILES string of the molecule is COc1ccc(CN(Cc2nc(C(C)(C)C)no2)[C@@H](C)Cc2cccs2)cc1. The highest BCUT2D eigenvalue weighted by Gasteiger charge is 2.23. The van der Waals surface area contributed by atoms with Crippen LogP contribution < -0.4 is 4.74 Å². The van der Waals surface area contributed by atoms with Crippen LogP contribution in [0.3, 0.4) is 0 Å². The monoisotopic (exact) mass is 399 g/mol. The highest BCUT2D eigenvalue weighted by atomic mass is 32.1. The fourth-order valence-electron chi connectivity index (χ4n) is 2.98. The second-order valence-electron chi connectivity index (χ2n) is 8.15. The van der Waals surface area contributed by atoms with Gasteiger partial charge in [-0.25, -0.2) is 0 Å². The Labute approximate surface area is 171 Å². The minimum atomic E-state index is -0.120. The van der Waals surface area contributed by atoms with Crippen LogP contribution in [0.25, 0.3) is 0 Å². The molecule has 0 unspecified atom stereocenters. The van der Waals surface area contributed by atoms with Crippen LogP contribution in [-0.4, -0.2) is 28.2 Å². The van der Waals surface area contributed by atoms with Crippen molar-refractivity contribution in [3.63, 3.8) is 0 Å². The Balaban J connectivity index is 1.77. The summed E-state index contributed by atoms with van der Waals surface area (Å²) in [5.41, 5.74) is 1.11. The zero-order valence-corrected chi connectivity index (χ0v) is 18.1. The molecule has 0 radical (unpaired) electrons. The van der Waals surface area contributed by atoms with Crippen LogP contribution in [-0.2, 0) is 24.9 Å². The Morgan fingerprint density at radius 2 is 1.89 bits per heavy atom. The predicted molar refractivity (Wildman–Crippen MR) is 113 cm³/mol. The molecule has 1 atom stereocenters. The fourth-order valence-corrected chi connectivity index (χ4v) is 3.81. The van der Waals surface area contributed by atoms with Crippen molar-refractivity contribution >= 4 is 11.3 Å². The molecular weight excluding hydrogens is 370 g/mol. The van der Waals surface area contributed by atoms with E-state index >= 15 is 0 Å². The summed E-state index contributed by atoms with van der Waals surface area (Å²) in [5.74, 6) is 2.28. The molecule has 0 aliphatic carbocycles. The number of nitrogens with zero attached hydrogens (tertiary/aromatic N) is 3. The molecule has 0 saturated heterocycles. The van der Waals surface area contributed by atoms with Gasteiger partial charge in [-0.05, 0) is 42.5 Å². The molecule has 5 nitrogen and oxygen atoms in total. The molecule has 3 rings (SSSR count). The lowest BCUT2D eigenvalue weighted by Gasteiger charge is -2.27. The van der Waals surface area contributed by atoms with Crippen LogP contribution >= 0.6 is 11.3 Å². The maximum atomic E-state index is 5.56. The molecule has 0 aliphatic heterocycles. The lowest BCUT2D eigenvalue weighted by Crippen LogP contribution is -2.33. The number of ether oxygens (including phenoxy) is 1. The molecule has 2 aromatic heterocycles. The maximum Gasteiger partial charge on any atom is 0.240 e. The molecule has 6 heteroatoms. The van der Waals surface area contributed by atoms with E-state index in [4.69, 9.17) is 9.26 Å². The van der Waals surface area contributed by atoms with Crippen molar-refractivity contribution < 1.29 is 9.26 Å². The van der Waals surface area contributed by atoms with Gasteiger partial charge in [-0.1, -0.05) is 44.1 Å². The third-order valence-electron chi connectivity index (χ3n) is 4.72. The molecule has 150 valence electrons. The van der Waals surface area contributed by atoms with Crippen molar-refractivity contribution in [2.24, 2.45) is 0 Å². The van der Waals surface area contributed by atoms with Crippen LogP contribution in [0.2, 0.25) is 0 Å². The van der Waals surface area contributed by atoms with E-state index in [0.717, 1.165) is 24.5 Å². The minimum Gasteiger partial charge on any atom is -0.497 e. The maximum absolute atomic E-state index is 5.56. The standard InChI is InChI=1S/C22H29N3O2S/c1-16(13-19-7-6-12-28-19)25(14-17-8-10-18(26-5)11-9-17)15-20-23-21(24-27-20)22(2,3)4/h6-12,16H,13-15H2,1-5H3/t16-/m0/s1. The molecule has 0 spiro atoms. The van der Waals surface area contributed by atoms with Gasteiger partial charge < -0.3 is 9.26 Å². The minimum absolute atomic E-state index is 0.120. The van der Waals surface area contributed by atoms with Crippen LogP contribution in [0.15, 0.2) is 46.3 Å². The summed E-state index contributed by atoms with van der Waals surface area (Å²) < 4.78 is 10.8. The molecule has 0 fully saturated rings. The first kappa shape index (κ1) is 20.6. The molecule has 0 saturated carbocycles. The van der Waals surface area contributed by atoms with E-state index < -0.39 is 0 Å². The van der Waals surface area contributed by atoms with Gasteiger partial charge in [-0.2, -0.15) is 4.98 Å². The molecule has 3 aromatic rings. The quantitative estimate of drug-likeness (QED) is 0.529. The highest BCUT2D eigenvalue weighted by molar-refractivity contribution is 7.09. The molecule has 1 aromatic carbocycles. The summed E-state index contributed by atoms with van der Waals surface area (Å²) in [6, 6.07) is 12.9. The lowest BCUT2D eigenvalue weighted by atomic mass is 9.96. The first-order chi connectivity index (χ1) is 13.3. The summed E-state index contributed by atoms with van der Waals surface area (Å²) >= 11 is 1.80. The lowest BCUT2D eigenvalue weighted by molar-refractivity contribution is 0.165. The molecule has 0 amide bonds. The molecule has 28 heavy (non-hydrogen) atoms. The first-order valence-electron chi connectivity index (χ1n) is 9.57. The Kier molecular flexibility index (Phi) is 6.52. The number of aromatic nitrogens is 2. The summed E-state index contributed by atoms with van der Waals surface area (Å²) in [6.07, 6.45) is 0.994. The van der Waals surface area contributed by atoms with Crippen LogP contribution in [0.5, 0.6) is 5.75 Å². The zero-order chi connectivity index (χ0) is 20.1. The summed E-state index contributed by atoms with van der Waals surface area (Å²) in [4.78, 5) is 8.41. The van der Waals surface area contributed by atoms with E-state index in [-0.39, 0.29) is 5.41 Å². The van der Waals surface area contributed by atoms with Gasteiger partial charge in [-0.3, -0.25) is 4.90 Å². The number of benzene rings is 1. The smallest absolute Gasteiger partial charge is 0.240 e. The molecule has 0 N–H and O–H groups in total. The largest absolute Gasteiger partial charge is 0.497 e. The molecular formula is C22H29N3O2S. The summed E-state index contributed by atoms with van der Waals surface area (Å²) in [7, 11) is 1.69. The number of rotatable bonds is 8. The first-order valence-corrected chi connectivity index (χ1v) is 10.5. The highest BCUT2D eigenvalue weighted by Crippen LogP contribution is 2.22. The van der Waals surface area contributed by atoms with Crippen molar-refractivity contribution in [3.05, 3.63) is 63.9 Å². The van der Waals surface area contributed by atoms with Gasteiger partial charge in [-0.15, -0.1) is 11.3 Å². The van der Waals surface area contributed by atoms with Crippen molar-refractivity contribution in [3.8, 4) is 5.75 Å². The third kappa shape index (κ3) is 5.42. The average molecular weight is 400 g/mol. The Bertz CT molecular complexity index is 851. The van der Waals surface area contributed by atoms with E-state index in [1.165, 1.54) is 10.4 Å². The summed E-state index contributed by atoms with van der Waals surface area (Å²) in [5, 5.41) is 6.31. The van der Waals surface area contributed by atoms with Crippen molar-refractivity contribution in [2.75, 3.05) is 7.11 Å². The van der Waals surface area contributed by atoms with Gasteiger partial charge in [0.25, 0.3) is 0 Å². The van der Waals surface area contributed by atoms with Gasteiger partial charge in [0.05, 0.1) is 13.7 Å².